The lowest BCUT2D eigenvalue weighted by Crippen LogP contribution is -2.52. The molecule has 4 nitrogen and oxygen atoms in total. The zero-order valence-corrected chi connectivity index (χ0v) is 9.88. The molecule has 4 heteroatoms. The van der Waals surface area contributed by atoms with Gasteiger partial charge in [0.05, 0.1) is 5.41 Å². The van der Waals surface area contributed by atoms with Gasteiger partial charge in [-0.3, -0.25) is 10.2 Å². The predicted octanol–water partition coefficient (Wildman–Crippen LogP) is 0.879. The molecule has 0 saturated carbocycles. The van der Waals surface area contributed by atoms with Gasteiger partial charge in [-0.05, 0) is 26.2 Å². The molecule has 0 spiro atoms. The SMILES string of the molecule is CCC(C)(CN)C(=O)NN1CCCCC1. The minimum absolute atomic E-state index is 0.0643. The van der Waals surface area contributed by atoms with Gasteiger partial charge in [-0.2, -0.15) is 0 Å². The van der Waals surface area contributed by atoms with Gasteiger partial charge in [0.2, 0.25) is 5.91 Å². The minimum Gasteiger partial charge on any atom is -0.329 e. The molecule has 0 aliphatic carbocycles. The van der Waals surface area contributed by atoms with E-state index in [2.05, 4.69) is 5.43 Å². The highest BCUT2D eigenvalue weighted by molar-refractivity contribution is 5.81. The van der Waals surface area contributed by atoms with E-state index in [0.717, 1.165) is 19.5 Å². The van der Waals surface area contributed by atoms with Crippen molar-refractivity contribution in [1.82, 2.24) is 10.4 Å². The van der Waals surface area contributed by atoms with Crippen LogP contribution in [-0.4, -0.2) is 30.6 Å². The predicted molar refractivity (Wildman–Crippen MR) is 61.0 cm³/mol. The van der Waals surface area contributed by atoms with Crippen LogP contribution in [0.25, 0.3) is 0 Å². The van der Waals surface area contributed by atoms with Crippen LogP contribution in [0.5, 0.6) is 0 Å². The van der Waals surface area contributed by atoms with E-state index < -0.39 is 5.41 Å². The largest absolute Gasteiger partial charge is 0.329 e. The van der Waals surface area contributed by atoms with E-state index in [1.807, 2.05) is 18.9 Å². The highest BCUT2D eigenvalue weighted by Gasteiger charge is 2.30. The van der Waals surface area contributed by atoms with Gasteiger partial charge in [0.25, 0.3) is 0 Å². The number of nitrogens with one attached hydrogen (secondary N) is 1. The zero-order chi connectivity index (χ0) is 11.3. The molecular formula is C11H23N3O. The Morgan fingerprint density at radius 1 is 1.40 bits per heavy atom. The number of nitrogens with zero attached hydrogens (tertiary/aromatic N) is 1. The van der Waals surface area contributed by atoms with E-state index in [1.165, 1.54) is 19.3 Å². The van der Waals surface area contributed by atoms with Gasteiger partial charge in [0.1, 0.15) is 0 Å². The average Bonchev–Trinajstić information content (AvgIpc) is 2.29. The third kappa shape index (κ3) is 3.18. The molecule has 88 valence electrons. The third-order valence-electron chi connectivity index (χ3n) is 3.39. The number of carbonyl (C=O) groups is 1. The lowest BCUT2D eigenvalue weighted by atomic mass is 9.87. The second-order valence-electron chi connectivity index (χ2n) is 4.61. The number of hydrogen-bond donors (Lipinski definition) is 2. The number of nitrogens with two attached hydrogens (primary N) is 1. The Hall–Kier alpha value is -0.610. The van der Waals surface area contributed by atoms with Crippen molar-refractivity contribution in [3.05, 3.63) is 0 Å². The summed E-state index contributed by atoms with van der Waals surface area (Å²) in [5.41, 5.74) is 8.20. The maximum atomic E-state index is 12.0. The quantitative estimate of drug-likeness (QED) is 0.729. The molecule has 1 atom stereocenters. The number of rotatable bonds is 4. The maximum absolute atomic E-state index is 12.0. The van der Waals surface area contributed by atoms with Gasteiger partial charge in [0, 0.05) is 19.6 Å². The first kappa shape index (κ1) is 12.5. The van der Waals surface area contributed by atoms with Crippen molar-refractivity contribution in [2.75, 3.05) is 19.6 Å². The molecule has 15 heavy (non-hydrogen) atoms. The van der Waals surface area contributed by atoms with Crippen LogP contribution in [0.15, 0.2) is 0 Å². The Bertz CT molecular complexity index is 208. The highest BCUT2D eigenvalue weighted by atomic mass is 16.2. The van der Waals surface area contributed by atoms with Gasteiger partial charge < -0.3 is 5.73 Å². The summed E-state index contributed by atoms with van der Waals surface area (Å²) in [6, 6.07) is 0. The first-order valence-corrected chi connectivity index (χ1v) is 5.88. The number of hydrazine groups is 1. The number of hydrogen-bond acceptors (Lipinski definition) is 3. The molecule has 0 bridgehead atoms. The van der Waals surface area contributed by atoms with Gasteiger partial charge >= 0.3 is 0 Å². The zero-order valence-electron chi connectivity index (χ0n) is 9.88. The summed E-state index contributed by atoms with van der Waals surface area (Å²) in [7, 11) is 0. The van der Waals surface area contributed by atoms with Crippen molar-refractivity contribution in [3.8, 4) is 0 Å². The second-order valence-corrected chi connectivity index (χ2v) is 4.61. The maximum Gasteiger partial charge on any atom is 0.241 e. The minimum atomic E-state index is -0.419. The van der Waals surface area contributed by atoms with E-state index >= 15 is 0 Å². The summed E-state index contributed by atoms with van der Waals surface area (Å²) >= 11 is 0. The summed E-state index contributed by atoms with van der Waals surface area (Å²) in [6.45, 7) is 6.27. The molecule has 1 saturated heterocycles. The fraction of sp³-hybridized carbons (Fsp3) is 0.909. The third-order valence-corrected chi connectivity index (χ3v) is 3.39. The van der Waals surface area contributed by atoms with Crippen molar-refractivity contribution in [2.24, 2.45) is 11.1 Å². The van der Waals surface area contributed by atoms with Crippen LogP contribution < -0.4 is 11.2 Å². The lowest BCUT2D eigenvalue weighted by Gasteiger charge is -2.32. The standard InChI is InChI=1S/C11H23N3O/c1-3-11(2,9-12)10(15)13-14-7-5-4-6-8-14/h3-9,12H2,1-2H3,(H,13,15). The molecule has 1 aliphatic rings. The van der Waals surface area contributed by atoms with E-state index in [0.29, 0.717) is 6.54 Å². The van der Waals surface area contributed by atoms with Crippen molar-refractivity contribution in [2.45, 2.75) is 39.5 Å². The number of piperidine rings is 1. The van der Waals surface area contributed by atoms with Crippen LogP contribution in [0.3, 0.4) is 0 Å². The van der Waals surface area contributed by atoms with Gasteiger partial charge in [-0.1, -0.05) is 13.3 Å². The molecule has 1 heterocycles. The molecular weight excluding hydrogens is 190 g/mol. The summed E-state index contributed by atoms with van der Waals surface area (Å²) in [4.78, 5) is 12.0. The Morgan fingerprint density at radius 2 is 2.00 bits per heavy atom. The second kappa shape index (κ2) is 5.47. The van der Waals surface area contributed by atoms with Crippen molar-refractivity contribution >= 4 is 5.91 Å². The molecule has 1 rings (SSSR count). The summed E-state index contributed by atoms with van der Waals surface area (Å²) in [6.07, 6.45) is 4.40. The van der Waals surface area contributed by atoms with Crippen LogP contribution in [0.4, 0.5) is 0 Å². The molecule has 0 radical (unpaired) electrons. The van der Waals surface area contributed by atoms with Gasteiger partial charge in [0.15, 0.2) is 0 Å². The van der Waals surface area contributed by atoms with Crippen LogP contribution in [0, 0.1) is 5.41 Å². The first-order chi connectivity index (χ1) is 7.12. The Morgan fingerprint density at radius 3 is 2.47 bits per heavy atom. The molecule has 1 fully saturated rings. The van der Waals surface area contributed by atoms with Gasteiger partial charge in [-0.25, -0.2) is 5.01 Å². The number of amides is 1. The van der Waals surface area contributed by atoms with Crippen LogP contribution in [0.1, 0.15) is 39.5 Å². The van der Waals surface area contributed by atoms with E-state index in [1.54, 1.807) is 0 Å². The molecule has 3 N–H and O–H groups in total. The fourth-order valence-corrected chi connectivity index (χ4v) is 1.68. The molecule has 0 aromatic heterocycles. The Kier molecular flexibility index (Phi) is 4.54. The monoisotopic (exact) mass is 213 g/mol. The van der Waals surface area contributed by atoms with Crippen LogP contribution in [-0.2, 0) is 4.79 Å². The van der Waals surface area contributed by atoms with Crippen molar-refractivity contribution in [1.29, 1.82) is 0 Å². The Labute approximate surface area is 92.2 Å². The smallest absolute Gasteiger partial charge is 0.241 e. The lowest BCUT2D eigenvalue weighted by molar-refractivity contribution is -0.135. The average molecular weight is 213 g/mol. The molecule has 1 aliphatic heterocycles. The topological polar surface area (TPSA) is 58.4 Å². The molecule has 1 amide bonds. The van der Waals surface area contributed by atoms with Gasteiger partial charge in [-0.15, -0.1) is 0 Å². The van der Waals surface area contributed by atoms with Crippen molar-refractivity contribution in [3.63, 3.8) is 0 Å². The van der Waals surface area contributed by atoms with E-state index in [4.69, 9.17) is 5.73 Å². The van der Waals surface area contributed by atoms with Crippen molar-refractivity contribution < 1.29 is 4.79 Å². The summed E-state index contributed by atoms with van der Waals surface area (Å²) in [5.74, 6) is 0.0643. The molecule has 0 aromatic rings. The Balaban J connectivity index is 2.45. The number of carbonyl (C=O) groups excluding carboxylic acids is 1. The summed E-state index contributed by atoms with van der Waals surface area (Å²) in [5, 5.41) is 2.02. The van der Waals surface area contributed by atoms with E-state index in [-0.39, 0.29) is 5.91 Å². The fourth-order valence-electron chi connectivity index (χ4n) is 1.68. The molecule has 1 unspecified atom stereocenters. The first-order valence-electron chi connectivity index (χ1n) is 5.88. The van der Waals surface area contributed by atoms with Crippen LogP contribution in [0.2, 0.25) is 0 Å². The summed E-state index contributed by atoms with van der Waals surface area (Å²) < 4.78 is 0. The molecule has 0 aromatic carbocycles. The van der Waals surface area contributed by atoms with E-state index in [9.17, 15) is 4.79 Å². The highest BCUT2D eigenvalue weighted by Crippen LogP contribution is 2.19. The van der Waals surface area contributed by atoms with Crippen LogP contribution >= 0.6 is 0 Å². The normalized spacial score (nSPS) is 22.1.